The number of hydrogen-bond donors (Lipinski definition) is 1. The highest BCUT2D eigenvalue weighted by molar-refractivity contribution is 7.91. The Morgan fingerprint density at radius 1 is 1.14 bits per heavy atom. The van der Waals surface area contributed by atoms with Crippen molar-refractivity contribution in [2.24, 2.45) is 0 Å². The van der Waals surface area contributed by atoms with Crippen LogP contribution in [0.1, 0.15) is 43.6 Å². The number of nitrogens with zero attached hydrogens (tertiary/aromatic N) is 2. The van der Waals surface area contributed by atoms with Crippen LogP contribution in [0.15, 0.2) is 64.1 Å². The number of fused-ring (bicyclic) bond motifs is 1. The lowest BCUT2D eigenvalue weighted by molar-refractivity contribution is 0.457. The molecule has 0 bridgehead atoms. The molecule has 1 N–H and O–H groups in total. The first-order chi connectivity index (χ1) is 16.8. The third-order valence-electron chi connectivity index (χ3n) is 5.78. The van der Waals surface area contributed by atoms with Crippen LogP contribution in [0.2, 0.25) is 0 Å². The van der Waals surface area contributed by atoms with Crippen molar-refractivity contribution in [3.63, 3.8) is 0 Å². The summed E-state index contributed by atoms with van der Waals surface area (Å²) in [5.41, 5.74) is 3.74. The van der Waals surface area contributed by atoms with Gasteiger partial charge in [-0.2, -0.15) is 0 Å². The van der Waals surface area contributed by atoms with Crippen LogP contribution in [0.4, 0.5) is 4.39 Å². The highest BCUT2D eigenvalue weighted by Crippen LogP contribution is 2.35. The van der Waals surface area contributed by atoms with Crippen LogP contribution < -0.4 is 4.72 Å². The number of halogens is 1. The molecule has 4 aromatic rings. The minimum absolute atomic E-state index is 0.0170. The van der Waals surface area contributed by atoms with Crippen LogP contribution in [0.5, 0.6) is 0 Å². The zero-order valence-corrected chi connectivity index (χ0v) is 22.3. The van der Waals surface area contributed by atoms with Crippen molar-refractivity contribution in [1.82, 2.24) is 14.9 Å². The fraction of sp³-hybridized carbons (Fsp3) is 0.308. The van der Waals surface area contributed by atoms with E-state index in [1.165, 1.54) is 18.2 Å². The van der Waals surface area contributed by atoms with Crippen molar-refractivity contribution in [3.8, 4) is 11.3 Å². The third-order valence-corrected chi connectivity index (χ3v) is 8.38. The standard InChI is InChI=1S/C26H28FN3O4S2/c1-16-10-13-24(36(5,32)33)28-21(16)15-22(30-35(31)26(2,3)4)18-8-6-7-9-19(18)25-20-12-11-17(27)14-23(20)34-29-25/h6-14,22,30H,15H2,1-5H3/t22-,35?/m0/s1. The summed E-state index contributed by atoms with van der Waals surface area (Å²) in [5, 5.41) is 4.84. The van der Waals surface area contributed by atoms with Gasteiger partial charge in [0.05, 0.1) is 6.04 Å². The maximum Gasteiger partial charge on any atom is 0.192 e. The molecule has 1 unspecified atom stereocenters. The molecule has 7 nitrogen and oxygen atoms in total. The minimum atomic E-state index is -3.50. The monoisotopic (exact) mass is 529 g/mol. The van der Waals surface area contributed by atoms with E-state index < -0.39 is 37.8 Å². The van der Waals surface area contributed by atoms with E-state index in [0.717, 1.165) is 22.9 Å². The lowest BCUT2D eigenvalue weighted by Crippen LogP contribution is -2.42. The van der Waals surface area contributed by atoms with Crippen LogP contribution in [0.25, 0.3) is 22.2 Å². The molecule has 0 aliphatic rings. The number of rotatable bonds is 7. The Labute approximate surface area is 213 Å². The SMILES string of the molecule is Cc1ccc(S(C)(=O)=O)nc1C[C@H](N[S+]([O-])C(C)(C)C)c1ccccc1-c1noc2cc(F)ccc12. The Hall–Kier alpha value is -2.79. The zero-order valence-electron chi connectivity index (χ0n) is 20.7. The predicted octanol–water partition coefficient (Wildman–Crippen LogP) is 5.08. The van der Waals surface area contributed by atoms with Crippen molar-refractivity contribution in [1.29, 1.82) is 0 Å². The first-order valence-electron chi connectivity index (χ1n) is 11.3. The van der Waals surface area contributed by atoms with Gasteiger partial charge in [0.15, 0.2) is 20.4 Å². The number of sulfone groups is 1. The van der Waals surface area contributed by atoms with E-state index in [9.17, 15) is 17.4 Å². The smallest absolute Gasteiger partial charge is 0.192 e. The molecule has 0 amide bonds. The number of nitrogens with one attached hydrogen (secondary N) is 1. The van der Waals surface area contributed by atoms with E-state index in [-0.39, 0.29) is 11.4 Å². The molecular formula is C26H28FN3O4S2. The van der Waals surface area contributed by atoms with Gasteiger partial charge >= 0.3 is 0 Å². The van der Waals surface area contributed by atoms with Crippen LogP contribution in [0.3, 0.4) is 0 Å². The predicted molar refractivity (Wildman–Crippen MR) is 139 cm³/mol. The second-order valence-corrected chi connectivity index (χ2v) is 13.7. The molecule has 0 spiro atoms. The molecule has 2 heterocycles. The molecule has 0 saturated carbocycles. The maximum absolute atomic E-state index is 13.7. The van der Waals surface area contributed by atoms with E-state index >= 15 is 0 Å². The van der Waals surface area contributed by atoms with Crippen LogP contribution in [-0.2, 0) is 27.6 Å². The molecule has 10 heteroatoms. The molecule has 0 saturated heterocycles. The Morgan fingerprint density at radius 3 is 2.56 bits per heavy atom. The average Bonchev–Trinajstić information content (AvgIpc) is 3.21. The molecular weight excluding hydrogens is 501 g/mol. The summed E-state index contributed by atoms with van der Waals surface area (Å²) in [6.07, 6.45) is 1.39. The molecule has 0 radical (unpaired) electrons. The summed E-state index contributed by atoms with van der Waals surface area (Å²) in [5.74, 6) is -0.425. The van der Waals surface area contributed by atoms with Crippen molar-refractivity contribution >= 4 is 32.2 Å². The van der Waals surface area contributed by atoms with Crippen molar-refractivity contribution in [2.45, 2.75) is 49.9 Å². The molecule has 4 rings (SSSR count). The molecule has 2 aromatic carbocycles. The topological polar surface area (TPSA) is 108 Å². The Kier molecular flexibility index (Phi) is 7.25. The quantitative estimate of drug-likeness (QED) is 0.333. The number of hydrogen-bond acceptors (Lipinski definition) is 7. The van der Waals surface area contributed by atoms with Crippen LogP contribution in [0, 0.1) is 12.7 Å². The second-order valence-electron chi connectivity index (χ2n) is 9.70. The number of aryl methyl sites for hydroxylation is 1. The van der Waals surface area contributed by atoms with E-state index in [2.05, 4.69) is 14.9 Å². The molecule has 2 aromatic heterocycles. The van der Waals surface area contributed by atoms with Gasteiger partial charge in [-0.1, -0.05) is 35.5 Å². The van der Waals surface area contributed by atoms with E-state index in [1.54, 1.807) is 12.1 Å². The highest BCUT2D eigenvalue weighted by atomic mass is 32.2. The summed E-state index contributed by atoms with van der Waals surface area (Å²) >= 11 is -1.45. The fourth-order valence-electron chi connectivity index (χ4n) is 3.80. The normalized spacial score (nSPS) is 14.2. The van der Waals surface area contributed by atoms with Gasteiger partial charge in [-0.25, -0.2) is 17.8 Å². The van der Waals surface area contributed by atoms with Gasteiger partial charge in [-0.3, -0.25) is 0 Å². The Balaban J connectivity index is 1.84. The molecule has 36 heavy (non-hydrogen) atoms. The van der Waals surface area contributed by atoms with Gasteiger partial charge in [-0.05, 0) is 57.0 Å². The zero-order chi connectivity index (χ0) is 26.3. The van der Waals surface area contributed by atoms with Crippen molar-refractivity contribution in [3.05, 3.63) is 77.2 Å². The van der Waals surface area contributed by atoms with Crippen molar-refractivity contribution < 1.29 is 21.9 Å². The summed E-state index contributed by atoms with van der Waals surface area (Å²) in [7, 11) is -3.50. The van der Waals surface area contributed by atoms with Gasteiger partial charge in [0.2, 0.25) is 0 Å². The molecule has 0 aliphatic carbocycles. The number of aromatic nitrogens is 2. The number of benzene rings is 2. The Bertz CT molecular complexity index is 1510. The molecule has 0 fully saturated rings. The number of pyridine rings is 1. The van der Waals surface area contributed by atoms with Gasteiger partial charge in [0.1, 0.15) is 16.3 Å². The molecule has 2 atom stereocenters. The summed E-state index contributed by atoms with van der Waals surface area (Å²) in [6, 6.07) is 14.4. The van der Waals surface area contributed by atoms with Gasteiger partial charge in [0.25, 0.3) is 0 Å². The molecule has 190 valence electrons. The molecule has 0 aliphatic heterocycles. The summed E-state index contributed by atoms with van der Waals surface area (Å²) < 4.78 is 59.3. The van der Waals surface area contributed by atoms with Crippen LogP contribution >= 0.6 is 0 Å². The second kappa shape index (κ2) is 9.93. The van der Waals surface area contributed by atoms with Crippen molar-refractivity contribution in [2.75, 3.05) is 6.26 Å². The minimum Gasteiger partial charge on any atom is -0.598 e. The first kappa shape index (κ1) is 26.3. The maximum atomic E-state index is 13.7. The Morgan fingerprint density at radius 2 is 1.86 bits per heavy atom. The van der Waals surface area contributed by atoms with Gasteiger partial charge in [0, 0.05) is 46.7 Å². The van der Waals surface area contributed by atoms with Crippen LogP contribution in [-0.4, -0.2) is 34.1 Å². The van der Waals surface area contributed by atoms with E-state index in [1.807, 2.05) is 52.0 Å². The third kappa shape index (κ3) is 5.62. The van der Waals surface area contributed by atoms with Gasteiger partial charge < -0.3 is 9.08 Å². The fourth-order valence-corrected chi connectivity index (χ4v) is 5.21. The lowest BCUT2D eigenvalue weighted by Gasteiger charge is -2.29. The van der Waals surface area contributed by atoms with Gasteiger partial charge in [-0.15, -0.1) is 4.72 Å². The summed E-state index contributed by atoms with van der Waals surface area (Å²) in [4.78, 5) is 4.43. The van der Waals surface area contributed by atoms with E-state index in [4.69, 9.17) is 4.52 Å². The summed E-state index contributed by atoms with van der Waals surface area (Å²) in [6.45, 7) is 7.46. The average molecular weight is 530 g/mol. The highest BCUT2D eigenvalue weighted by Gasteiger charge is 2.32. The lowest BCUT2D eigenvalue weighted by atomic mass is 9.93. The van der Waals surface area contributed by atoms with E-state index in [0.29, 0.717) is 22.4 Å². The first-order valence-corrected chi connectivity index (χ1v) is 14.4. The largest absolute Gasteiger partial charge is 0.598 e.